The molecule has 2 aromatic carbocycles. The zero-order valence-electron chi connectivity index (χ0n) is 16.9. The van der Waals surface area contributed by atoms with Crippen molar-refractivity contribution in [1.29, 1.82) is 5.41 Å². The average Bonchev–Trinajstić information content (AvgIpc) is 3.17. The van der Waals surface area contributed by atoms with Crippen LogP contribution in [-0.4, -0.2) is 34.1 Å². The van der Waals surface area contributed by atoms with Crippen LogP contribution >= 0.6 is 0 Å². The monoisotopic (exact) mass is 386 g/mol. The van der Waals surface area contributed by atoms with Crippen molar-refractivity contribution in [2.45, 2.75) is 20.4 Å². The summed E-state index contributed by atoms with van der Waals surface area (Å²) in [6.07, 6.45) is 1.72. The van der Waals surface area contributed by atoms with Gasteiger partial charge in [-0.1, -0.05) is 74.5 Å². The molecule has 0 spiro atoms. The number of nitrogens with one attached hydrogen (secondary N) is 1. The maximum absolute atomic E-state index is 8.91. The van der Waals surface area contributed by atoms with E-state index < -0.39 is 0 Å². The van der Waals surface area contributed by atoms with E-state index in [0.717, 1.165) is 54.0 Å². The van der Waals surface area contributed by atoms with Crippen molar-refractivity contribution in [1.82, 2.24) is 14.5 Å². The molecule has 0 aliphatic heterocycles. The summed E-state index contributed by atoms with van der Waals surface area (Å²) in [5, 5.41) is 9.67. The molecular formula is C24H26N4O. The zero-order valence-corrected chi connectivity index (χ0v) is 16.9. The van der Waals surface area contributed by atoms with Crippen LogP contribution in [0.2, 0.25) is 0 Å². The van der Waals surface area contributed by atoms with Gasteiger partial charge in [-0.2, -0.15) is 0 Å². The van der Waals surface area contributed by atoms with E-state index in [4.69, 9.17) is 9.83 Å². The minimum absolute atomic E-state index is 0.437. The van der Waals surface area contributed by atoms with Gasteiger partial charge in [-0.05, 0) is 18.7 Å². The summed E-state index contributed by atoms with van der Waals surface area (Å²) in [5.74, 6) is 0.759. The predicted octanol–water partition coefficient (Wildman–Crippen LogP) is 4.78. The van der Waals surface area contributed by atoms with E-state index in [1.807, 2.05) is 53.1 Å². The molecular weight excluding hydrogens is 360 g/mol. The number of fused-ring (bicyclic) bond motifs is 1. The van der Waals surface area contributed by atoms with E-state index in [2.05, 4.69) is 35.9 Å². The Morgan fingerprint density at radius 3 is 2.17 bits per heavy atom. The summed E-state index contributed by atoms with van der Waals surface area (Å²) in [6, 6.07) is 20.2. The first-order chi connectivity index (χ1) is 14.2. The van der Waals surface area contributed by atoms with Crippen LogP contribution in [0.4, 0.5) is 0 Å². The summed E-state index contributed by atoms with van der Waals surface area (Å²) < 4.78 is 8.10. The van der Waals surface area contributed by atoms with Crippen molar-refractivity contribution in [2.75, 3.05) is 19.6 Å². The van der Waals surface area contributed by atoms with Gasteiger partial charge in [0.15, 0.2) is 0 Å². The first kappa shape index (κ1) is 19.2. The first-order valence-corrected chi connectivity index (χ1v) is 10.1. The molecule has 2 heterocycles. The summed E-state index contributed by atoms with van der Waals surface area (Å²) in [6.45, 7) is 7.93. The Morgan fingerprint density at radius 1 is 0.931 bits per heavy atom. The largest absolute Gasteiger partial charge is 0.437 e. The van der Waals surface area contributed by atoms with Gasteiger partial charge >= 0.3 is 0 Å². The summed E-state index contributed by atoms with van der Waals surface area (Å²) in [7, 11) is 0. The van der Waals surface area contributed by atoms with Crippen LogP contribution in [0.25, 0.3) is 33.6 Å². The zero-order chi connectivity index (χ0) is 20.2. The number of hydrogen-bond donors (Lipinski definition) is 1. The highest BCUT2D eigenvalue weighted by atomic mass is 16.3. The fraction of sp³-hybridized carbons (Fsp3) is 0.250. The van der Waals surface area contributed by atoms with Gasteiger partial charge in [-0.25, -0.2) is 4.98 Å². The molecule has 0 radical (unpaired) electrons. The Balaban J connectivity index is 1.90. The van der Waals surface area contributed by atoms with Gasteiger partial charge in [0.2, 0.25) is 5.71 Å². The predicted molar refractivity (Wildman–Crippen MR) is 117 cm³/mol. The molecule has 5 heteroatoms. The number of likely N-dealkylation sites (N-methyl/N-ethyl adjacent to an activating group) is 1. The fourth-order valence-corrected chi connectivity index (χ4v) is 3.68. The highest BCUT2D eigenvalue weighted by Crippen LogP contribution is 2.38. The van der Waals surface area contributed by atoms with Crippen LogP contribution in [0.3, 0.4) is 0 Å². The molecule has 29 heavy (non-hydrogen) atoms. The van der Waals surface area contributed by atoms with E-state index >= 15 is 0 Å². The van der Waals surface area contributed by atoms with Crippen LogP contribution in [0.5, 0.6) is 0 Å². The van der Waals surface area contributed by atoms with Gasteiger partial charge in [0.05, 0.1) is 5.39 Å². The van der Waals surface area contributed by atoms with Crippen molar-refractivity contribution >= 4 is 11.1 Å². The minimum atomic E-state index is 0.437. The lowest BCUT2D eigenvalue weighted by Crippen LogP contribution is -2.31. The van der Waals surface area contributed by atoms with Crippen molar-refractivity contribution in [3.05, 3.63) is 72.5 Å². The molecule has 148 valence electrons. The van der Waals surface area contributed by atoms with Crippen molar-refractivity contribution in [3.63, 3.8) is 0 Å². The third kappa shape index (κ3) is 3.74. The van der Waals surface area contributed by atoms with Gasteiger partial charge in [0.25, 0.3) is 0 Å². The number of nitrogens with zero attached hydrogens (tertiary/aromatic N) is 3. The Labute approximate surface area is 170 Å². The maximum Gasteiger partial charge on any atom is 0.232 e. The topological polar surface area (TPSA) is 58.1 Å². The summed E-state index contributed by atoms with van der Waals surface area (Å²) >= 11 is 0. The highest BCUT2D eigenvalue weighted by Gasteiger charge is 2.20. The van der Waals surface area contributed by atoms with Gasteiger partial charge in [-0.15, -0.1) is 0 Å². The highest BCUT2D eigenvalue weighted by molar-refractivity contribution is 5.99. The Kier molecular flexibility index (Phi) is 5.58. The molecule has 5 nitrogen and oxygen atoms in total. The van der Waals surface area contributed by atoms with E-state index in [0.29, 0.717) is 11.2 Å². The summed E-state index contributed by atoms with van der Waals surface area (Å²) in [4.78, 5) is 6.91. The molecule has 2 aromatic heterocycles. The van der Waals surface area contributed by atoms with Crippen molar-refractivity contribution < 1.29 is 4.42 Å². The molecule has 4 aromatic rings. The van der Waals surface area contributed by atoms with Crippen molar-refractivity contribution in [3.8, 4) is 22.5 Å². The van der Waals surface area contributed by atoms with Gasteiger partial charge in [-0.3, -0.25) is 5.41 Å². The van der Waals surface area contributed by atoms with Crippen LogP contribution in [-0.2, 0) is 6.54 Å². The second-order valence-corrected chi connectivity index (χ2v) is 7.03. The molecule has 0 unspecified atom stereocenters. The molecule has 0 atom stereocenters. The standard InChI is InChI=1S/C24H26N4O/c1-3-27(4-2)15-16-28-17-26-24-21(23(28)25)20(18-11-7-5-8-12-18)22(29-24)19-13-9-6-10-14-19/h5-14,17,25H,3-4,15-16H2,1-2H3. The second-order valence-electron chi connectivity index (χ2n) is 7.03. The lowest BCUT2D eigenvalue weighted by molar-refractivity contribution is 0.288. The van der Waals surface area contributed by atoms with Gasteiger partial charge in [0, 0.05) is 24.2 Å². The van der Waals surface area contributed by atoms with Crippen LogP contribution in [0.1, 0.15) is 13.8 Å². The first-order valence-electron chi connectivity index (χ1n) is 10.1. The fourth-order valence-electron chi connectivity index (χ4n) is 3.68. The number of benzene rings is 2. The van der Waals surface area contributed by atoms with E-state index in [9.17, 15) is 0 Å². The number of furan rings is 1. The lowest BCUT2D eigenvalue weighted by atomic mass is 10.00. The quantitative estimate of drug-likeness (QED) is 0.497. The van der Waals surface area contributed by atoms with E-state index in [1.165, 1.54) is 0 Å². The van der Waals surface area contributed by atoms with Gasteiger partial charge < -0.3 is 13.9 Å². The Morgan fingerprint density at radius 2 is 1.55 bits per heavy atom. The molecule has 0 saturated carbocycles. The maximum atomic E-state index is 8.91. The third-order valence-electron chi connectivity index (χ3n) is 5.38. The molecule has 0 amide bonds. The number of aromatic nitrogens is 2. The normalized spacial score (nSPS) is 11.4. The number of rotatable bonds is 7. The molecule has 0 saturated heterocycles. The van der Waals surface area contributed by atoms with Gasteiger partial charge in [0.1, 0.15) is 17.6 Å². The minimum Gasteiger partial charge on any atom is -0.437 e. The SMILES string of the molecule is CCN(CC)CCn1cnc2oc(-c3ccccc3)c(-c3ccccc3)c2c1=N. The van der Waals surface area contributed by atoms with E-state index in [1.54, 1.807) is 6.33 Å². The molecule has 0 bridgehead atoms. The van der Waals surface area contributed by atoms with Crippen LogP contribution in [0.15, 0.2) is 71.4 Å². The molecule has 0 aliphatic carbocycles. The molecule has 1 N–H and O–H groups in total. The molecule has 4 rings (SSSR count). The van der Waals surface area contributed by atoms with Crippen molar-refractivity contribution in [2.24, 2.45) is 0 Å². The lowest BCUT2D eigenvalue weighted by Gasteiger charge is -2.18. The Bertz CT molecular complexity index is 1140. The molecule has 0 aliphatic rings. The number of hydrogen-bond acceptors (Lipinski definition) is 4. The summed E-state index contributed by atoms with van der Waals surface area (Å²) in [5.41, 5.74) is 3.89. The molecule has 0 fully saturated rings. The van der Waals surface area contributed by atoms with Crippen LogP contribution < -0.4 is 5.49 Å². The second kappa shape index (κ2) is 8.45. The third-order valence-corrected chi connectivity index (χ3v) is 5.38. The smallest absolute Gasteiger partial charge is 0.232 e. The van der Waals surface area contributed by atoms with E-state index in [-0.39, 0.29) is 0 Å². The average molecular weight is 386 g/mol. The Hall–Kier alpha value is -3.18. The van der Waals surface area contributed by atoms with Crippen LogP contribution in [0, 0.1) is 5.41 Å².